The summed E-state index contributed by atoms with van der Waals surface area (Å²) in [5, 5.41) is 2.97. The van der Waals surface area contributed by atoms with E-state index >= 15 is 0 Å². The molecule has 2 aliphatic heterocycles. The zero-order chi connectivity index (χ0) is 63.9. The Balaban J connectivity index is 1.66. The number of amides is 1. The van der Waals surface area contributed by atoms with E-state index in [-0.39, 0.29) is 35.3 Å². The van der Waals surface area contributed by atoms with Gasteiger partial charge in [0.25, 0.3) is 5.91 Å². The number of nitrogens with one attached hydrogen (secondary N) is 1. The molecule has 0 saturated carbocycles. The van der Waals surface area contributed by atoms with Crippen LogP contribution in [0.25, 0.3) is 0 Å². The second-order valence-corrected chi connectivity index (χ2v) is 34.3. The molecule has 9 nitrogen and oxygen atoms in total. The molecular formula is C77H91NO8Si2. The van der Waals surface area contributed by atoms with Gasteiger partial charge in [-0.1, -0.05) is 199 Å². The topological polar surface area (TPSA) is 93.7 Å². The molecule has 4 rings (SSSR count). The summed E-state index contributed by atoms with van der Waals surface area (Å²) in [6.45, 7) is 29.2. The molecule has 0 bridgehead atoms. The van der Waals surface area contributed by atoms with Gasteiger partial charge in [-0.15, -0.1) is 0 Å². The molecule has 2 aliphatic rings. The molecule has 0 aromatic heterocycles. The summed E-state index contributed by atoms with van der Waals surface area (Å²) in [5.74, 6) is 61.6. The van der Waals surface area contributed by atoms with Gasteiger partial charge < -0.3 is 37.9 Å². The van der Waals surface area contributed by atoms with Crippen LogP contribution in [0.3, 0.4) is 0 Å². The SMILES string of the molecule is CC#CC#CC#CC#CC#CC#CC#CC#CC#CC#CC#CC#CC(=O)N[C@@H](CO[C@H]1OC2COC(c3ccccc3)O[C@@H]2[C@H](C)C1OCc1ccccc1)[C@H](O[Si](C)(C)C(C)(C)C)[C@@H](CCCCCCCCCCCCCC)O[Si](C)(C)C(C)(C)C. The highest BCUT2D eigenvalue weighted by Crippen LogP contribution is 2.43. The standard InChI is InChI=1S/C77H91NO8Si2/c1-14-16-18-20-22-24-26-28-29-30-31-32-33-34-35-36-37-38-40-42-44-46-54-60-70(79)78-67(62-81-75-72(80-61-65-55-49-47-50-56-65)64(3)71-69(83-75)63-82-74(84-71)66-57-51-48-52-58-66)73(86-88(12,13)77(7,8)9)68(85-87(10,11)76(4,5)6)59-53-45-43-41-39-27-25-23-21-19-17-15-2/h47-52,55-58,64,67-69,71-75H,15,17,19,21,23,25,27,39,41,43,45,53,59,61-63H2,1-13H3,(H,78,79)/t64-,67-,68+,69?,71+,72?,73-,74?,75-/m0/s1. The summed E-state index contributed by atoms with van der Waals surface area (Å²) in [6, 6.07) is 19.2. The number of rotatable bonds is 27. The van der Waals surface area contributed by atoms with Gasteiger partial charge in [-0.05, 0) is 150 Å². The Morgan fingerprint density at radius 1 is 0.580 bits per heavy atom. The van der Waals surface area contributed by atoms with Crippen molar-refractivity contribution in [1.29, 1.82) is 0 Å². The number of hydrogen-bond donors (Lipinski definition) is 1. The van der Waals surface area contributed by atoms with Crippen LogP contribution in [-0.2, 0) is 43.9 Å². The van der Waals surface area contributed by atoms with Crippen molar-refractivity contribution >= 4 is 22.5 Å². The zero-order valence-corrected chi connectivity index (χ0v) is 56.5. The lowest BCUT2D eigenvalue weighted by Gasteiger charge is -2.49. The summed E-state index contributed by atoms with van der Waals surface area (Å²) in [4.78, 5) is 14.4. The summed E-state index contributed by atoms with van der Waals surface area (Å²) in [6.07, 6.45) is 11.7. The Hall–Kier alpha value is -7.22. The van der Waals surface area contributed by atoms with Crippen LogP contribution in [0, 0.1) is 148 Å². The normalized spacial score (nSPS) is 18.2. The van der Waals surface area contributed by atoms with Crippen LogP contribution in [0.4, 0.5) is 0 Å². The molecular weight excluding hydrogens is 1120 g/mol. The minimum atomic E-state index is -2.60. The fourth-order valence-corrected chi connectivity index (χ4v) is 11.8. The number of fused-ring (bicyclic) bond motifs is 1. The maximum absolute atomic E-state index is 14.4. The summed E-state index contributed by atoms with van der Waals surface area (Å²) < 4.78 is 49.0. The first-order chi connectivity index (χ1) is 42.3. The number of benzene rings is 2. The third kappa shape index (κ3) is 27.9. The van der Waals surface area contributed by atoms with E-state index < -0.39 is 65.6 Å². The van der Waals surface area contributed by atoms with E-state index in [9.17, 15) is 4.79 Å². The third-order valence-corrected chi connectivity index (χ3v) is 25.0. The average molecular weight is 1210 g/mol. The molecule has 1 N–H and O–H groups in total. The Morgan fingerprint density at radius 2 is 1.02 bits per heavy atom. The number of carbonyl (C=O) groups is 1. The Labute approximate surface area is 533 Å². The van der Waals surface area contributed by atoms with Crippen molar-refractivity contribution < 1.29 is 37.3 Å². The van der Waals surface area contributed by atoms with Crippen LogP contribution >= 0.6 is 0 Å². The van der Waals surface area contributed by atoms with Crippen molar-refractivity contribution in [1.82, 2.24) is 5.32 Å². The maximum Gasteiger partial charge on any atom is 0.297 e. The molecule has 0 aliphatic carbocycles. The molecule has 2 aromatic carbocycles. The predicted octanol–water partition coefficient (Wildman–Crippen LogP) is 13.5. The second kappa shape index (κ2) is 40.3. The first kappa shape index (κ1) is 73.3. The summed E-state index contributed by atoms with van der Waals surface area (Å²) in [7, 11) is -5.07. The van der Waals surface area contributed by atoms with Crippen LogP contribution in [0.1, 0.15) is 163 Å². The minimum absolute atomic E-state index is 0.0111. The molecule has 88 heavy (non-hydrogen) atoms. The summed E-state index contributed by atoms with van der Waals surface area (Å²) in [5.41, 5.74) is 1.94. The molecule has 3 unspecified atom stereocenters. The molecule has 11 heteroatoms. The van der Waals surface area contributed by atoms with E-state index in [1.807, 2.05) is 60.7 Å². The van der Waals surface area contributed by atoms with Gasteiger partial charge in [0.1, 0.15) is 12.2 Å². The van der Waals surface area contributed by atoms with E-state index in [0.29, 0.717) is 6.61 Å². The maximum atomic E-state index is 14.4. The first-order valence-corrected chi connectivity index (χ1v) is 36.9. The number of unbranched alkanes of at least 4 members (excludes halogenated alkanes) is 11. The highest BCUT2D eigenvalue weighted by molar-refractivity contribution is 6.74. The average Bonchev–Trinajstić information content (AvgIpc) is 3.70. The number of carbonyl (C=O) groups excluding carboxylic acids is 1. The van der Waals surface area contributed by atoms with Gasteiger partial charge >= 0.3 is 0 Å². The molecule has 9 atom stereocenters. The van der Waals surface area contributed by atoms with E-state index in [0.717, 1.165) is 36.8 Å². The van der Waals surface area contributed by atoms with Gasteiger partial charge in [0.05, 0.1) is 44.2 Å². The van der Waals surface area contributed by atoms with Crippen molar-refractivity contribution in [3.63, 3.8) is 0 Å². The Kier molecular flexibility index (Phi) is 33.6. The molecule has 0 radical (unpaired) electrons. The second-order valence-electron chi connectivity index (χ2n) is 24.8. The first-order valence-electron chi connectivity index (χ1n) is 31.1. The van der Waals surface area contributed by atoms with Crippen LogP contribution in [0.15, 0.2) is 60.7 Å². The number of hydrogen-bond acceptors (Lipinski definition) is 8. The van der Waals surface area contributed by atoms with E-state index in [4.69, 9.17) is 32.5 Å². The van der Waals surface area contributed by atoms with E-state index in [1.54, 1.807) is 6.92 Å². The lowest BCUT2D eigenvalue weighted by Crippen LogP contribution is -2.62. The molecule has 2 aromatic rings. The molecule has 2 saturated heterocycles. The van der Waals surface area contributed by atoms with Crippen LogP contribution < -0.4 is 5.32 Å². The molecule has 2 fully saturated rings. The minimum Gasteiger partial charge on any atom is -0.411 e. The quantitative estimate of drug-likeness (QED) is 0.0537. The highest BCUT2D eigenvalue weighted by Gasteiger charge is 2.51. The van der Waals surface area contributed by atoms with E-state index in [1.165, 1.54) is 57.8 Å². The van der Waals surface area contributed by atoms with Crippen molar-refractivity contribution in [3.05, 3.63) is 71.8 Å². The van der Waals surface area contributed by atoms with Crippen molar-refractivity contribution in [2.24, 2.45) is 5.92 Å². The monoisotopic (exact) mass is 1210 g/mol. The number of ether oxygens (including phenoxy) is 5. The van der Waals surface area contributed by atoms with Gasteiger partial charge in [0.2, 0.25) is 0 Å². The fraction of sp³-hybridized carbons (Fsp3) is 0.519. The van der Waals surface area contributed by atoms with E-state index in [2.05, 4.69) is 229 Å². The third-order valence-electron chi connectivity index (χ3n) is 16.0. The largest absolute Gasteiger partial charge is 0.411 e. The lowest BCUT2D eigenvalue weighted by atomic mass is 9.89. The van der Waals surface area contributed by atoms with Crippen molar-refractivity contribution in [2.75, 3.05) is 13.2 Å². The van der Waals surface area contributed by atoms with Gasteiger partial charge in [0.15, 0.2) is 29.2 Å². The van der Waals surface area contributed by atoms with Crippen LogP contribution in [0.5, 0.6) is 0 Å². The van der Waals surface area contributed by atoms with Gasteiger partial charge in [-0.3, -0.25) is 4.79 Å². The predicted molar refractivity (Wildman–Crippen MR) is 360 cm³/mol. The van der Waals surface area contributed by atoms with Gasteiger partial charge in [-0.2, -0.15) is 0 Å². The Bertz CT molecular complexity index is 3340. The summed E-state index contributed by atoms with van der Waals surface area (Å²) >= 11 is 0. The molecule has 460 valence electrons. The van der Waals surface area contributed by atoms with Crippen molar-refractivity contribution in [3.8, 4) is 142 Å². The van der Waals surface area contributed by atoms with Crippen LogP contribution in [0.2, 0.25) is 36.3 Å². The fourth-order valence-electron chi connectivity index (χ4n) is 9.09. The molecule has 0 spiro atoms. The van der Waals surface area contributed by atoms with Crippen molar-refractivity contribution in [2.45, 2.75) is 238 Å². The molecule has 1 amide bonds. The molecule has 2 heterocycles. The Morgan fingerprint density at radius 3 is 1.50 bits per heavy atom. The lowest BCUT2D eigenvalue weighted by molar-refractivity contribution is -0.358. The van der Waals surface area contributed by atoms with Gasteiger partial charge in [0, 0.05) is 52.9 Å². The highest BCUT2D eigenvalue weighted by atomic mass is 28.4. The van der Waals surface area contributed by atoms with Crippen LogP contribution in [-0.4, -0.2) is 78.6 Å². The smallest absolute Gasteiger partial charge is 0.297 e. The van der Waals surface area contributed by atoms with Gasteiger partial charge in [-0.25, -0.2) is 0 Å². The zero-order valence-electron chi connectivity index (χ0n) is 54.5.